The number of fused-ring (bicyclic) bond motifs is 1. The first-order valence-electron chi connectivity index (χ1n) is 11.0. The van der Waals surface area contributed by atoms with Crippen LogP contribution >= 0.6 is 0 Å². The predicted octanol–water partition coefficient (Wildman–Crippen LogP) is 1.16. The molecule has 3 heterocycles. The van der Waals surface area contributed by atoms with E-state index in [1.165, 1.54) is 5.56 Å². The number of benzene rings is 1. The highest BCUT2D eigenvalue weighted by Crippen LogP contribution is 2.32. The molecule has 1 N–H and O–H groups in total. The molecule has 8 heteroatoms. The van der Waals surface area contributed by atoms with Crippen molar-refractivity contribution in [2.45, 2.75) is 32.2 Å². The Bertz CT molecular complexity index is 770. The number of likely N-dealkylation sites (tertiary alicyclic amines) is 1. The van der Waals surface area contributed by atoms with E-state index < -0.39 is 0 Å². The number of hydrogen-bond acceptors (Lipinski definition) is 5. The van der Waals surface area contributed by atoms with Gasteiger partial charge in [-0.3, -0.25) is 14.7 Å². The van der Waals surface area contributed by atoms with E-state index >= 15 is 0 Å². The van der Waals surface area contributed by atoms with Crippen LogP contribution in [0.15, 0.2) is 23.2 Å². The molecule has 2 fully saturated rings. The maximum atomic E-state index is 12.7. The highest BCUT2D eigenvalue weighted by atomic mass is 16.7. The number of ether oxygens (including phenoxy) is 2. The molecule has 30 heavy (non-hydrogen) atoms. The minimum absolute atomic E-state index is 0.0359. The number of amides is 1. The summed E-state index contributed by atoms with van der Waals surface area (Å²) in [6, 6.07) is 6.06. The van der Waals surface area contributed by atoms with E-state index in [1.54, 1.807) is 0 Å². The Morgan fingerprint density at radius 2 is 1.80 bits per heavy atom. The van der Waals surface area contributed by atoms with Crippen LogP contribution in [-0.4, -0.2) is 92.3 Å². The summed E-state index contributed by atoms with van der Waals surface area (Å²) in [7, 11) is 1.83. The molecule has 1 amide bonds. The molecule has 0 saturated carbocycles. The Hall–Kier alpha value is -2.48. The number of hydrogen-bond donors (Lipinski definition) is 1. The van der Waals surface area contributed by atoms with E-state index in [-0.39, 0.29) is 11.9 Å². The second-order valence-electron chi connectivity index (χ2n) is 8.14. The molecule has 3 aliphatic heterocycles. The van der Waals surface area contributed by atoms with E-state index in [1.807, 2.05) is 24.1 Å². The number of aliphatic imine (C=N–C) groups is 1. The topological polar surface area (TPSA) is 69.6 Å². The summed E-state index contributed by atoms with van der Waals surface area (Å²) in [4.78, 5) is 23.7. The highest BCUT2D eigenvalue weighted by molar-refractivity contribution is 5.82. The summed E-state index contributed by atoms with van der Waals surface area (Å²) in [5.74, 6) is 2.85. The Morgan fingerprint density at radius 3 is 2.53 bits per heavy atom. The number of carbonyl (C=O) groups is 1. The number of carbonyl (C=O) groups excluding carboxylic acids is 1. The summed E-state index contributed by atoms with van der Waals surface area (Å²) in [6.07, 6.45) is 3.16. The van der Waals surface area contributed by atoms with Crippen LogP contribution in [-0.2, 0) is 11.2 Å². The van der Waals surface area contributed by atoms with Crippen molar-refractivity contribution in [3.8, 4) is 11.5 Å². The lowest BCUT2D eigenvalue weighted by Gasteiger charge is -2.39. The molecule has 0 spiro atoms. The summed E-state index contributed by atoms with van der Waals surface area (Å²) >= 11 is 0. The van der Waals surface area contributed by atoms with Gasteiger partial charge in [0.25, 0.3) is 0 Å². The first kappa shape index (κ1) is 20.8. The SMILES string of the molecule is CN=C(NCCc1ccc2c(c1)OCO2)N1CCN(C(C)C(=O)N2CCCC2)CC1. The average Bonchev–Trinajstić information content (AvgIpc) is 3.48. The molecule has 0 aromatic heterocycles. The lowest BCUT2D eigenvalue weighted by Crippen LogP contribution is -2.57. The van der Waals surface area contributed by atoms with Crippen LogP contribution in [0.5, 0.6) is 11.5 Å². The van der Waals surface area contributed by atoms with Crippen molar-refractivity contribution in [3.63, 3.8) is 0 Å². The Balaban J connectivity index is 1.22. The molecule has 164 valence electrons. The van der Waals surface area contributed by atoms with Crippen LogP contribution in [0, 0.1) is 0 Å². The minimum atomic E-state index is -0.0359. The zero-order chi connectivity index (χ0) is 20.9. The molecule has 0 radical (unpaired) electrons. The molecular formula is C22H33N5O3. The Kier molecular flexibility index (Phi) is 6.62. The molecule has 1 atom stereocenters. The number of piperazine rings is 1. The minimum Gasteiger partial charge on any atom is -0.454 e. The standard InChI is InChI=1S/C22H33N5O3/c1-17(21(28)26-9-3-4-10-26)25-11-13-27(14-12-25)22(23-2)24-8-7-18-5-6-19-20(15-18)30-16-29-19/h5-6,15,17H,3-4,7-14,16H2,1-2H3,(H,23,24). The van der Waals surface area contributed by atoms with Gasteiger partial charge < -0.3 is 24.6 Å². The molecule has 0 aliphatic carbocycles. The van der Waals surface area contributed by atoms with Crippen LogP contribution in [0.2, 0.25) is 0 Å². The first-order chi connectivity index (χ1) is 14.7. The molecular weight excluding hydrogens is 382 g/mol. The van der Waals surface area contributed by atoms with Gasteiger partial charge in [0.05, 0.1) is 6.04 Å². The third kappa shape index (κ3) is 4.64. The van der Waals surface area contributed by atoms with E-state index in [0.29, 0.717) is 6.79 Å². The van der Waals surface area contributed by atoms with Crippen molar-refractivity contribution in [1.82, 2.24) is 20.0 Å². The fourth-order valence-corrected chi connectivity index (χ4v) is 4.43. The molecule has 1 aromatic carbocycles. The van der Waals surface area contributed by atoms with Gasteiger partial charge in [-0.25, -0.2) is 0 Å². The van der Waals surface area contributed by atoms with Crippen molar-refractivity contribution in [1.29, 1.82) is 0 Å². The summed E-state index contributed by atoms with van der Waals surface area (Å²) in [5.41, 5.74) is 1.21. The molecule has 3 aliphatic rings. The van der Waals surface area contributed by atoms with Gasteiger partial charge in [-0.2, -0.15) is 0 Å². The largest absolute Gasteiger partial charge is 0.454 e. The number of nitrogens with zero attached hydrogens (tertiary/aromatic N) is 4. The average molecular weight is 416 g/mol. The molecule has 1 aromatic rings. The van der Waals surface area contributed by atoms with Gasteiger partial charge in [-0.15, -0.1) is 0 Å². The monoisotopic (exact) mass is 415 g/mol. The zero-order valence-electron chi connectivity index (χ0n) is 18.1. The van der Waals surface area contributed by atoms with Gasteiger partial charge in [-0.1, -0.05) is 6.07 Å². The maximum Gasteiger partial charge on any atom is 0.239 e. The lowest BCUT2D eigenvalue weighted by molar-refractivity contribution is -0.135. The third-order valence-electron chi connectivity index (χ3n) is 6.28. The Labute approximate surface area is 178 Å². The molecule has 2 saturated heterocycles. The van der Waals surface area contributed by atoms with Crippen LogP contribution in [0.1, 0.15) is 25.3 Å². The van der Waals surface area contributed by atoms with Gasteiger partial charge in [0.2, 0.25) is 12.7 Å². The van der Waals surface area contributed by atoms with E-state index in [0.717, 1.165) is 82.5 Å². The molecule has 0 bridgehead atoms. The lowest BCUT2D eigenvalue weighted by atomic mass is 10.1. The van der Waals surface area contributed by atoms with Gasteiger partial charge in [0, 0.05) is 52.9 Å². The van der Waals surface area contributed by atoms with Crippen molar-refractivity contribution in [2.75, 3.05) is 59.7 Å². The summed E-state index contributed by atoms with van der Waals surface area (Å²) in [5, 5.41) is 3.48. The van der Waals surface area contributed by atoms with Crippen molar-refractivity contribution in [2.24, 2.45) is 4.99 Å². The van der Waals surface area contributed by atoms with Crippen LogP contribution in [0.3, 0.4) is 0 Å². The fourth-order valence-electron chi connectivity index (χ4n) is 4.43. The second-order valence-corrected chi connectivity index (χ2v) is 8.14. The third-order valence-corrected chi connectivity index (χ3v) is 6.28. The highest BCUT2D eigenvalue weighted by Gasteiger charge is 2.30. The molecule has 1 unspecified atom stereocenters. The normalized spacial score (nSPS) is 20.5. The second kappa shape index (κ2) is 9.55. The van der Waals surface area contributed by atoms with Crippen molar-refractivity contribution in [3.05, 3.63) is 23.8 Å². The van der Waals surface area contributed by atoms with Gasteiger partial charge in [-0.05, 0) is 43.9 Å². The Morgan fingerprint density at radius 1 is 1.07 bits per heavy atom. The van der Waals surface area contributed by atoms with Crippen LogP contribution in [0.4, 0.5) is 0 Å². The van der Waals surface area contributed by atoms with E-state index in [9.17, 15) is 4.79 Å². The van der Waals surface area contributed by atoms with Crippen molar-refractivity contribution >= 4 is 11.9 Å². The fraction of sp³-hybridized carbons (Fsp3) is 0.636. The smallest absolute Gasteiger partial charge is 0.239 e. The van der Waals surface area contributed by atoms with Crippen LogP contribution in [0.25, 0.3) is 0 Å². The number of nitrogens with one attached hydrogen (secondary N) is 1. The predicted molar refractivity (Wildman–Crippen MR) is 116 cm³/mol. The van der Waals surface area contributed by atoms with Crippen LogP contribution < -0.4 is 14.8 Å². The molecule has 4 rings (SSSR count). The molecule has 8 nitrogen and oxygen atoms in total. The van der Waals surface area contributed by atoms with Gasteiger partial charge in [0.1, 0.15) is 0 Å². The maximum absolute atomic E-state index is 12.7. The van der Waals surface area contributed by atoms with E-state index in [4.69, 9.17) is 9.47 Å². The van der Waals surface area contributed by atoms with E-state index in [2.05, 4.69) is 33.1 Å². The summed E-state index contributed by atoms with van der Waals surface area (Å²) < 4.78 is 10.8. The van der Waals surface area contributed by atoms with Gasteiger partial charge >= 0.3 is 0 Å². The van der Waals surface area contributed by atoms with Gasteiger partial charge in [0.15, 0.2) is 17.5 Å². The number of guanidine groups is 1. The summed E-state index contributed by atoms with van der Waals surface area (Å²) in [6.45, 7) is 8.50. The number of rotatable bonds is 5. The zero-order valence-corrected chi connectivity index (χ0v) is 18.1. The van der Waals surface area contributed by atoms with Crippen molar-refractivity contribution < 1.29 is 14.3 Å². The quantitative estimate of drug-likeness (QED) is 0.575. The first-order valence-corrected chi connectivity index (χ1v) is 11.0.